The second kappa shape index (κ2) is 5.64. The molecule has 0 spiro atoms. The largest absolute Gasteiger partial charge is 0.416 e. The van der Waals surface area contributed by atoms with Gasteiger partial charge in [0.05, 0.1) is 11.3 Å². The number of anilines is 1. The zero-order valence-corrected chi connectivity index (χ0v) is 12.2. The first-order valence-electron chi connectivity index (χ1n) is 7.15. The Labute approximate surface area is 126 Å². The average molecular weight is 310 g/mol. The Hall–Kier alpha value is -2.02. The lowest BCUT2D eigenvalue weighted by molar-refractivity contribution is -0.137. The molecule has 0 aliphatic carbocycles. The summed E-state index contributed by atoms with van der Waals surface area (Å²) in [4.78, 5) is 2.19. The normalized spacial score (nSPS) is 16.1. The number of aryl methyl sites for hydroxylation is 1. The van der Waals surface area contributed by atoms with Gasteiger partial charge in [0.2, 0.25) is 0 Å². The second-order valence-corrected chi connectivity index (χ2v) is 5.36. The molecule has 0 saturated carbocycles. The van der Waals surface area contributed by atoms with E-state index < -0.39 is 11.7 Å². The van der Waals surface area contributed by atoms with Crippen molar-refractivity contribution in [2.24, 2.45) is 0 Å². The van der Waals surface area contributed by atoms with Crippen LogP contribution in [0.4, 0.5) is 19.0 Å². The van der Waals surface area contributed by atoms with Crippen LogP contribution in [0.2, 0.25) is 0 Å². The molecular weight excluding hydrogens is 293 g/mol. The zero-order valence-electron chi connectivity index (χ0n) is 12.2. The fraction of sp³-hybridized carbons (Fsp3) is 0.400. The molecule has 0 atom stereocenters. The number of halogens is 3. The summed E-state index contributed by atoms with van der Waals surface area (Å²) in [5, 5.41) is 7.81. The molecule has 22 heavy (non-hydrogen) atoms. The van der Waals surface area contributed by atoms with Crippen molar-refractivity contribution in [3.8, 4) is 5.69 Å². The van der Waals surface area contributed by atoms with E-state index in [1.165, 1.54) is 12.1 Å². The number of hydrogen-bond acceptors (Lipinski definition) is 3. The highest BCUT2D eigenvalue weighted by Crippen LogP contribution is 2.30. The van der Waals surface area contributed by atoms with Crippen LogP contribution in [0.5, 0.6) is 0 Å². The van der Waals surface area contributed by atoms with Crippen LogP contribution in [-0.2, 0) is 6.18 Å². The monoisotopic (exact) mass is 310 g/mol. The van der Waals surface area contributed by atoms with Crippen LogP contribution in [-0.4, -0.2) is 36.0 Å². The number of nitrogens with one attached hydrogen (secondary N) is 1. The highest BCUT2D eigenvalue weighted by atomic mass is 19.4. The quantitative estimate of drug-likeness (QED) is 0.925. The van der Waals surface area contributed by atoms with Gasteiger partial charge in [0.15, 0.2) is 5.82 Å². The van der Waals surface area contributed by atoms with E-state index >= 15 is 0 Å². The van der Waals surface area contributed by atoms with Gasteiger partial charge in [-0.1, -0.05) is 0 Å². The van der Waals surface area contributed by atoms with Gasteiger partial charge in [-0.15, -0.1) is 5.10 Å². The summed E-state index contributed by atoms with van der Waals surface area (Å²) in [6.07, 6.45) is -2.47. The molecule has 0 radical (unpaired) electrons. The first-order chi connectivity index (χ1) is 10.4. The molecule has 3 rings (SSSR count). The molecule has 118 valence electrons. The maximum atomic E-state index is 12.6. The van der Waals surface area contributed by atoms with E-state index in [1.807, 2.05) is 13.1 Å². The number of piperazine rings is 1. The predicted octanol–water partition coefficient (Wildman–Crippen LogP) is 2.61. The third-order valence-corrected chi connectivity index (χ3v) is 3.75. The van der Waals surface area contributed by atoms with E-state index in [0.29, 0.717) is 5.69 Å². The van der Waals surface area contributed by atoms with Gasteiger partial charge in [0.25, 0.3) is 0 Å². The van der Waals surface area contributed by atoms with Gasteiger partial charge >= 0.3 is 6.18 Å². The van der Waals surface area contributed by atoms with E-state index in [9.17, 15) is 13.2 Å². The van der Waals surface area contributed by atoms with Crippen LogP contribution in [0, 0.1) is 6.92 Å². The van der Waals surface area contributed by atoms with Crippen molar-refractivity contribution in [1.82, 2.24) is 15.1 Å². The maximum absolute atomic E-state index is 12.6. The van der Waals surface area contributed by atoms with Crippen molar-refractivity contribution >= 4 is 5.82 Å². The molecule has 1 N–H and O–H groups in total. The number of rotatable bonds is 2. The molecule has 1 saturated heterocycles. The summed E-state index contributed by atoms with van der Waals surface area (Å²) in [7, 11) is 0. The summed E-state index contributed by atoms with van der Waals surface area (Å²) in [6, 6.07) is 5.04. The third-order valence-electron chi connectivity index (χ3n) is 3.75. The number of nitrogens with zero attached hydrogens (tertiary/aromatic N) is 3. The smallest absolute Gasteiger partial charge is 0.352 e. The molecule has 4 nitrogen and oxygen atoms in total. The summed E-state index contributed by atoms with van der Waals surface area (Å²) < 4.78 is 39.4. The molecular formula is C15H17F3N4. The van der Waals surface area contributed by atoms with Crippen LogP contribution >= 0.6 is 0 Å². The fourth-order valence-corrected chi connectivity index (χ4v) is 2.58. The van der Waals surface area contributed by atoms with Crippen LogP contribution in [0.25, 0.3) is 5.69 Å². The van der Waals surface area contributed by atoms with Gasteiger partial charge in [0, 0.05) is 37.9 Å². The summed E-state index contributed by atoms with van der Waals surface area (Å²) in [5.41, 5.74) is 0.988. The van der Waals surface area contributed by atoms with Gasteiger partial charge in [0.1, 0.15) is 0 Å². The summed E-state index contributed by atoms with van der Waals surface area (Å²) >= 11 is 0. The van der Waals surface area contributed by atoms with Crippen LogP contribution in [0.3, 0.4) is 0 Å². The second-order valence-electron chi connectivity index (χ2n) is 5.36. The Bertz CT molecular complexity index is 640. The molecule has 1 fully saturated rings. The van der Waals surface area contributed by atoms with Crippen molar-refractivity contribution in [2.45, 2.75) is 13.1 Å². The van der Waals surface area contributed by atoms with Gasteiger partial charge in [-0.05, 0) is 31.2 Å². The molecule has 1 aromatic carbocycles. The van der Waals surface area contributed by atoms with E-state index in [0.717, 1.165) is 49.7 Å². The number of hydrogen-bond donors (Lipinski definition) is 1. The van der Waals surface area contributed by atoms with Gasteiger partial charge in [-0.2, -0.15) is 13.2 Å². The van der Waals surface area contributed by atoms with Crippen molar-refractivity contribution in [2.75, 3.05) is 31.1 Å². The average Bonchev–Trinajstić information content (AvgIpc) is 2.89. The van der Waals surface area contributed by atoms with Crippen molar-refractivity contribution in [3.05, 3.63) is 41.6 Å². The van der Waals surface area contributed by atoms with Crippen LogP contribution in [0.1, 0.15) is 11.1 Å². The van der Waals surface area contributed by atoms with E-state index in [4.69, 9.17) is 0 Å². The van der Waals surface area contributed by atoms with Gasteiger partial charge in [-0.3, -0.25) is 0 Å². The lowest BCUT2D eigenvalue weighted by Gasteiger charge is -2.27. The van der Waals surface area contributed by atoms with Crippen molar-refractivity contribution in [3.63, 3.8) is 0 Å². The molecule has 0 amide bonds. The molecule has 7 heteroatoms. The Morgan fingerprint density at radius 3 is 2.32 bits per heavy atom. The SMILES string of the molecule is Cc1cn(-c2ccc(C(F)(F)F)cc2)nc1N1CCNCC1. The van der Waals surface area contributed by atoms with E-state index in [1.54, 1.807) is 4.68 Å². The van der Waals surface area contributed by atoms with Crippen LogP contribution in [0.15, 0.2) is 30.5 Å². The lowest BCUT2D eigenvalue weighted by atomic mass is 10.2. The number of alkyl halides is 3. The maximum Gasteiger partial charge on any atom is 0.416 e. The Kier molecular flexibility index (Phi) is 3.82. The lowest BCUT2D eigenvalue weighted by Crippen LogP contribution is -2.44. The Morgan fingerprint density at radius 1 is 1.09 bits per heavy atom. The molecule has 1 aliphatic rings. The third kappa shape index (κ3) is 2.94. The predicted molar refractivity (Wildman–Crippen MR) is 78.4 cm³/mol. The molecule has 1 aromatic heterocycles. The topological polar surface area (TPSA) is 33.1 Å². The van der Waals surface area contributed by atoms with Gasteiger partial charge in [-0.25, -0.2) is 4.68 Å². The van der Waals surface area contributed by atoms with E-state index in [-0.39, 0.29) is 0 Å². The highest BCUT2D eigenvalue weighted by Gasteiger charge is 2.30. The standard InChI is InChI=1S/C15H17F3N4/c1-11-10-22(20-14(11)21-8-6-19-7-9-21)13-4-2-12(3-5-13)15(16,17)18/h2-5,10,19H,6-9H2,1H3. The van der Waals surface area contributed by atoms with Crippen molar-refractivity contribution < 1.29 is 13.2 Å². The Morgan fingerprint density at radius 2 is 1.73 bits per heavy atom. The van der Waals surface area contributed by atoms with Crippen molar-refractivity contribution in [1.29, 1.82) is 0 Å². The molecule has 0 unspecified atom stereocenters. The first-order valence-corrected chi connectivity index (χ1v) is 7.15. The molecule has 1 aliphatic heterocycles. The molecule has 2 heterocycles. The summed E-state index contributed by atoms with van der Waals surface area (Å²) in [6.45, 7) is 5.54. The minimum absolute atomic E-state index is 0.623. The highest BCUT2D eigenvalue weighted by molar-refractivity contribution is 5.48. The fourth-order valence-electron chi connectivity index (χ4n) is 2.58. The molecule has 2 aromatic rings. The number of aromatic nitrogens is 2. The minimum Gasteiger partial charge on any atom is -0.352 e. The minimum atomic E-state index is -4.31. The Balaban J connectivity index is 1.86. The summed E-state index contributed by atoms with van der Waals surface area (Å²) in [5.74, 6) is 0.890. The van der Waals surface area contributed by atoms with Gasteiger partial charge < -0.3 is 10.2 Å². The van der Waals surface area contributed by atoms with Crippen LogP contribution < -0.4 is 10.2 Å². The van der Waals surface area contributed by atoms with E-state index in [2.05, 4.69) is 15.3 Å². The first kappa shape index (κ1) is 14.9. The molecule has 0 bridgehead atoms. The zero-order chi connectivity index (χ0) is 15.7. The number of benzene rings is 1.